The summed E-state index contributed by atoms with van der Waals surface area (Å²) < 4.78 is 14.9. The van der Waals surface area contributed by atoms with E-state index in [-0.39, 0.29) is 22.9 Å². The monoisotopic (exact) mass is 418 g/mol. The fraction of sp³-hybridized carbons (Fsp3) is 0.500. The van der Waals surface area contributed by atoms with Gasteiger partial charge in [0, 0.05) is 29.6 Å². The van der Waals surface area contributed by atoms with E-state index < -0.39 is 17.9 Å². The van der Waals surface area contributed by atoms with Gasteiger partial charge in [0.1, 0.15) is 11.8 Å². The maximum Gasteiger partial charge on any atom is 0.354 e. The molecule has 0 bridgehead atoms. The van der Waals surface area contributed by atoms with Crippen molar-refractivity contribution in [3.05, 3.63) is 41.6 Å². The molecule has 1 heterocycles. The van der Waals surface area contributed by atoms with Gasteiger partial charge >= 0.3 is 17.9 Å². The van der Waals surface area contributed by atoms with Crippen LogP contribution < -0.4 is 10.6 Å². The van der Waals surface area contributed by atoms with Crippen molar-refractivity contribution in [3.8, 4) is 0 Å². The molecular weight excluding hydrogens is 388 g/mol. The minimum atomic E-state index is -0.722. The first-order chi connectivity index (χ1) is 13.9. The number of anilines is 1. The van der Waals surface area contributed by atoms with Crippen LogP contribution in [0.25, 0.3) is 0 Å². The number of esters is 3. The summed E-state index contributed by atoms with van der Waals surface area (Å²) in [6, 6.07) is 6.41. The van der Waals surface area contributed by atoms with Crippen LogP contribution in [0.5, 0.6) is 0 Å². The Morgan fingerprint density at radius 2 is 1.57 bits per heavy atom. The quantitative estimate of drug-likeness (QED) is 0.413. The van der Waals surface area contributed by atoms with Crippen molar-refractivity contribution >= 4 is 23.6 Å². The average Bonchev–Trinajstić information content (AvgIpc) is 2.64. The Morgan fingerprint density at radius 3 is 2.07 bits per heavy atom. The highest BCUT2D eigenvalue weighted by Gasteiger charge is 2.39. The Morgan fingerprint density at radius 1 is 1.00 bits per heavy atom. The molecule has 0 atom stereocenters. The van der Waals surface area contributed by atoms with E-state index in [0.29, 0.717) is 11.3 Å². The number of benzene rings is 1. The third kappa shape index (κ3) is 6.59. The van der Waals surface area contributed by atoms with Gasteiger partial charge in [-0.05, 0) is 52.0 Å². The minimum absolute atomic E-state index is 0.0844. The normalized spacial score (nSPS) is 18.3. The van der Waals surface area contributed by atoms with Crippen LogP contribution in [0.3, 0.4) is 0 Å². The molecule has 1 aliphatic rings. The molecule has 0 aliphatic carbocycles. The van der Waals surface area contributed by atoms with Gasteiger partial charge in [-0.3, -0.25) is 0 Å². The van der Waals surface area contributed by atoms with E-state index in [2.05, 4.69) is 47.8 Å². The van der Waals surface area contributed by atoms with Gasteiger partial charge in [-0.2, -0.15) is 0 Å². The molecule has 8 nitrogen and oxygen atoms in total. The summed E-state index contributed by atoms with van der Waals surface area (Å²) in [5, 5.41) is 6.35. The van der Waals surface area contributed by atoms with Crippen LogP contribution in [0.15, 0.2) is 36.0 Å². The summed E-state index contributed by atoms with van der Waals surface area (Å²) in [6.45, 7) is 8.37. The number of nitrogens with one attached hydrogen (secondary N) is 2. The number of methoxy groups -OCH3 is 2. The van der Waals surface area contributed by atoms with Gasteiger partial charge in [0.25, 0.3) is 0 Å². The maximum absolute atomic E-state index is 12.6. The van der Waals surface area contributed by atoms with Gasteiger partial charge in [0.05, 0.1) is 25.9 Å². The third-order valence-corrected chi connectivity index (χ3v) is 4.69. The standard InChI is InChI=1S/C22H30N2O6/c1-21(2)12-16(13-22(3,4)24-21)30-19(26)14-7-9-15(10-8-14)23-17(20(27)29-6)11-18(25)28-5/h7-11,16,23-24H,12-13H2,1-6H3/b17-11+. The number of carbonyl (C=O) groups excluding carboxylic acids is 3. The minimum Gasteiger partial charge on any atom is -0.466 e. The number of carbonyl (C=O) groups is 3. The number of hydrogen-bond donors (Lipinski definition) is 2. The lowest BCUT2D eigenvalue weighted by Gasteiger charge is -2.45. The molecule has 30 heavy (non-hydrogen) atoms. The summed E-state index contributed by atoms with van der Waals surface area (Å²) in [4.78, 5) is 35.9. The van der Waals surface area contributed by atoms with Crippen LogP contribution >= 0.6 is 0 Å². The summed E-state index contributed by atoms with van der Waals surface area (Å²) in [5.74, 6) is -1.82. The number of piperidine rings is 1. The molecule has 0 radical (unpaired) electrons. The van der Waals surface area contributed by atoms with Crippen molar-refractivity contribution in [2.75, 3.05) is 19.5 Å². The molecule has 2 N–H and O–H groups in total. The molecule has 164 valence electrons. The predicted octanol–water partition coefficient (Wildman–Crippen LogP) is 2.79. The van der Waals surface area contributed by atoms with E-state index in [4.69, 9.17) is 4.74 Å². The number of rotatable bonds is 6. The smallest absolute Gasteiger partial charge is 0.354 e. The molecule has 8 heteroatoms. The molecule has 2 rings (SSSR count). The number of ether oxygens (including phenoxy) is 3. The number of hydrogen-bond acceptors (Lipinski definition) is 8. The molecule has 1 saturated heterocycles. The molecule has 0 aromatic heterocycles. The summed E-state index contributed by atoms with van der Waals surface area (Å²) in [5.41, 5.74) is 0.550. The van der Waals surface area contributed by atoms with Crippen LogP contribution in [0.4, 0.5) is 5.69 Å². The second-order valence-corrected chi connectivity index (χ2v) is 8.60. The third-order valence-electron chi connectivity index (χ3n) is 4.69. The fourth-order valence-corrected chi connectivity index (χ4v) is 3.81. The largest absolute Gasteiger partial charge is 0.466 e. The molecule has 0 spiro atoms. The van der Waals surface area contributed by atoms with E-state index in [1.807, 2.05) is 0 Å². The topological polar surface area (TPSA) is 103 Å². The van der Waals surface area contributed by atoms with E-state index >= 15 is 0 Å². The molecule has 1 aromatic carbocycles. The predicted molar refractivity (Wildman–Crippen MR) is 112 cm³/mol. The molecule has 1 aliphatic heterocycles. The Kier molecular flexibility index (Phi) is 7.25. The van der Waals surface area contributed by atoms with E-state index in [0.717, 1.165) is 18.9 Å². The zero-order valence-electron chi connectivity index (χ0n) is 18.3. The fourth-order valence-electron chi connectivity index (χ4n) is 3.81. The Balaban J connectivity index is 2.07. The lowest BCUT2D eigenvalue weighted by Crippen LogP contribution is -2.59. The first kappa shape index (κ1) is 23.4. The second kappa shape index (κ2) is 9.30. The van der Waals surface area contributed by atoms with Gasteiger partial charge < -0.3 is 24.8 Å². The van der Waals surface area contributed by atoms with Crippen molar-refractivity contribution in [2.24, 2.45) is 0 Å². The van der Waals surface area contributed by atoms with Gasteiger partial charge in [0.2, 0.25) is 0 Å². The molecule has 1 aromatic rings. The highest BCUT2D eigenvalue weighted by Crippen LogP contribution is 2.30. The van der Waals surface area contributed by atoms with Crippen LogP contribution in [-0.2, 0) is 23.8 Å². The van der Waals surface area contributed by atoms with Gasteiger partial charge in [-0.1, -0.05) is 0 Å². The first-order valence-electron chi connectivity index (χ1n) is 9.70. The lowest BCUT2D eigenvalue weighted by atomic mass is 9.81. The SMILES string of the molecule is COC(=O)/C=C(/Nc1ccc(C(=O)OC2CC(C)(C)NC(C)(C)C2)cc1)C(=O)OC. The zero-order valence-corrected chi connectivity index (χ0v) is 18.3. The zero-order chi connectivity index (χ0) is 22.5. The van der Waals surface area contributed by atoms with Crippen molar-refractivity contribution in [1.82, 2.24) is 5.32 Å². The summed E-state index contributed by atoms with van der Waals surface area (Å²) in [6.07, 6.45) is 2.26. The van der Waals surface area contributed by atoms with Crippen LogP contribution in [0.2, 0.25) is 0 Å². The molecule has 0 unspecified atom stereocenters. The van der Waals surface area contributed by atoms with E-state index in [9.17, 15) is 14.4 Å². The van der Waals surface area contributed by atoms with E-state index in [1.54, 1.807) is 24.3 Å². The highest BCUT2D eigenvalue weighted by atomic mass is 16.5. The summed E-state index contributed by atoms with van der Waals surface area (Å²) in [7, 11) is 2.41. The van der Waals surface area contributed by atoms with Gasteiger partial charge in [-0.25, -0.2) is 14.4 Å². The summed E-state index contributed by atoms with van der Waals surface area (Å²) >= 11 is 0. The van der Waals surface area contributed by atoms with Crippen molar-refractivity contribution in [1.29, 1.82) is 0 Å². The van der Waals surface area contributed by atoms with Crippen molar-refractivity contribution in [2.45, 2.75) is 57.7 Å². The molecule has 0 saturated carbocycles. The lowest BCUT2D eigenvalue weighted by molar-refractivity contribution is -0.138. The first-order valence-corrected chi connectivity index (χ1v) is 9.70. The van der Waals surface area contributed by atoms with Crippen molar-refractivity contribution < 1.29 is 28.6 Å². The molecular formula is C22H30N2O6. The van der Waals surface area contributed by atoms with Crippen LogP contribution in [-0.4, -0.2) is 49.3 Å². The Bertz CT molecular complexity index is 811. The molecule has 1 fully saturated rings. The Labute approximate surface area is 176 Å². The second-order valence-electron chi connectivity index (χ2n) is 8.60. The van der Waals surface area contributed by atoms with Gasteiger partial charge in [0.15, 0.2) is 0 Å². The van der Waals surface area contributed by atoms with Crippen LogP contribution in [0, 0.1) is 0 Å². The Hall–Kier alpha value is -2.87. The van der Waals surface area contributed by atoms with Gasteiger partial charge in [-0.15, -0.1) is 0 Å². The average molecular weight is 418 g/mol. The maximum atomic E-state index is 12.6. The van der Waals surface area contributed by atoms with Crippen molar-refractivity contribution in [3.63, 3.8) is 0 Å². The highest BCUT2D eigenvalue weighted by molar-refractivity contribution is 5.98. The van der Waals surface area contributed by atoms with Crippen LogP contribution in [0.1, 0.15) is 50.9 Å². The van der Waals surface area contributed by atoms with E-state index in [1.165, 1.54) is 14.2 Å². The molecule has 0 amide bonds.